The number of amides is 1. The van der Waals surface area contributed by atoms with Crippen molar-refractivity contribution < 1.29 is 4.79 Å². The lowest BCUT2D eigenvalue weighted by Gasteiger charge is -2.38. The number of likely N-dealkylation sites (tertiary alicyclic amines) is 1. The number of carbonyl (C=O) groups excluding carboxylic acids is 1. The van der Waals surface area contributed by atoms with Crippen molar-refractivity contribution in [2.24, 2.45) is 5.92 Å². The molecule has 3 heterocycles. The zero-order valence-electron chi connectivity index (χ0n) is 16.9. The summed E-state index contributed by atoms with van der Waals surface area (Å²) in [5.74, 6) is 1.64. The van der Waals surface area contributed by atoms with E-state index in [0.717, 1.165) is 29.4 Å². The topological polar surface area (TPSA) is 58.1 Å². The molecule has 3 aromatic rings. The molecule has 0 spiro atoms. The van der Waals surface area contributed by atoms with Gasteiger partial charge in [-0.2, -0.15) is 0 Å². The van der Waals surface area contributed by atoms with Gasteiger partial charge >= 0.3 is 0 Å². The van der Waals surface area contributed by atoms with Crippen molar-refractivity contribution in [1.29, 1.82) is 0 Å². The van der Waals surface area contributed by atoms with Gasteiger partial charge in [0.15, 0.2) is 0 Å². The number of hydrogen-bond acceptors (Lipinski definition) is 6. The molecule has 0 radical (unpaired) electrons. The van der Waals surface area contributed by atoms with Crippen molar-refractivity contribution in [1.82, 2.24) is 20.2 Å². The number of rotatable bonds is 9. The number of thiazole rings is 2. The zero-order valence-corrected chi connectivity index (χ0v) is 18.6. The minimum absolute atomic E-state index is 0.0287. The van der Waals surface area contributed by atoms with Crippen LogP contribution in [-0.4, -0.2) is 40.4 Å². The fraction of sp³-hybridized carbons (Fsp3) is 0.435. The number of nitrogens with one attached hydrogen (secondary N) is 1. The van der Waals surface area contributed by atoms with Gasteiger partial charge in [0.05, 0.1) is 21.8 Å². The number of carbonyl (C=O) groups is 1. The molecule has 2 aliphatic rings. The molecule has 1 amide bonds. The van der Waals surface area contributed by atoms with E-state index in [9.17, 15) is 4.79 Å². The molecule has 2 fully saturated rings. The van der Waals surface area contributed by atoms with Gasteiger partial charge in [0.25, 0.3) is 0 Å². The minimum Gasteiger partial charge on any atom is -0.352 e. The number of aromatic nitrogens is 2. The molecule has 1 saturated carbocycles. The summed E-state index contributed by atoms with van der Waals surface area (Å²) in [5.41, 5.74) is 4.04. The standard InChI is InChI=1S/C23H26N4OS2/c28-22(9-20-11-24-15-29-20)25-10-17-2-1-3-18(8-17)21-12-26-23(30-21)19-13-27(14-19)7-6-16-4-5-16/h1-3,8,11-12,15-16,19H,4-7,9-10,13-14H2,(H,25,28). The maximum Gasteiger partial charge on any atom is 0.225 e. The Labute approximate surface area is 185 Å². The van der Waals surface area contributed by atoms with Crippen LogP contribution in [0.3, 0.4) is 0 Å². The Morgan fingerprint density at radius 2 is 2.13 bits per heavy atom. The highest BCUT2D eigenvalue weighted by atomic mass is 32.1. The lowest BCUT2D eigenvalue weighted by atomic mass is 10.0. The van der Waals surface area contributed by atoms with Gasteiger partial charge in [-0.15, -0.1) is 22.7 Å². The van der Waals surface area contributed by atoms with Crippen LogP contribution < -0.4 is 5.32 Å². The third-order valence-corrected chi connectivity index (χ3v) is 7.89. The summed E-state index contributed by atoms with van der Waals surface area (Å²) in [5, 5.41) is 4.27. The summed E-state index contributed by atoms with van der Waals surface area (Å²) >= 11 is 3.32. The number of benzene rings is 1. The summed E-state index contributed by atoms with van der Waals surface area (Å²) in [4.78, 5) is 25.6. The van der Waals surface area contributed by atoms with Crippen LogP contribution >= 0.6 is 22.7 Å². The van der Waals surface area contributed by atoms with Gasteiger partial charge < -0.3 is 10.2 Å². The first-order valence-electron chi connectivity index (χ1n) is 10.6. The van der Waals surface area contributed by atoms with Crippen molar-refractivity contribution in [2.75, 3.05) is 19.6 Å². The van der Waals surface area contributed by atoms with Gasteiger partial charge in [0.2, 0.25) is 5.91 Å². The average Bonchev–Trinajstić information content (AvgIpc) is 3.19. The van der Waals surface area contributed by atoms with E-state index in [1.165, 1.54) is 52.6 Å². The van der Waals surface area contributed by atoms with Gasteiger partial charge in [-0.1, -0.05) is 31.0 Å². The van der Waals surface area contributed by atoms with Crippen molar-refractivity contribution in [2.45, 2.75) is 38.1 Å². The Balaban J connectivity index is 1.14. The van der Waals surface area contributed by atoms with E-state index in [0.29, 0.717) is 18.9 Å². The van der Waals surface area contributed by atoms with Crippen molar-refractivity contribution in [3.8, 4) is 10.4 Å². The highest BCUT2D eigenvalue weighted by Crippen LogP contribution is 2.37. The van der Waals surface area contributed by atoms with Gasteiger partial charge in [0, 0.05) is 42.8 Å². The van der Waals surface area contributed by atoms with Crippen LogP contribution in [0.5, 0.6) is 0 Å². The lowest BCUT2D eigenvalue weighted by Crippen LogP contribution is -2.45. The van der Waals surface area contributed by atoms with Crippen molar-refractivity contribution >= 4 is 28.6 Å². The minimum atomic E-state index is 0.0287. The Morgan fingerprint density at radius 3 is 2.93 bits per heavy atom. The van der Waals surface area contributed by atoms with Gasteiger partial charge in [-0.3, -0.25) is 9.78 Å². The maximum atomic E-state index is 12.1. The smallest absolute Gasteiger partial charge is 0.225 e. The molecule has 0 bridgehead atoms. The van der Waals surface area contributed by atoms with Gasteiger partial charge in [-0.05, 0) is 36.1 Å². The SMILES string of the molecule is O=C(Cc1cncs1)NCc1cccc(-c2cnc(C3CN(CCC4CC4)C3)s2)c1. The van der Waals surface area contributed by atoms with E-state index in [-0.39, 0.29) is 5.91 Å². The lowest BCUT2D eigenvalue weighted by molar-refractivity contribution is -0.120. The second-order valence-corrected chi connectivity index (χ2v) is 10.4. The first-order valence-corrected chi connectivity index (χ1v) is 12.3. The predicted molar refractivity (Wildman–Crippen MR) is 122 cm³/mol. The molecule has 1 N–H and O–H groups in total. The molecular formula is C23H26N4OS2. The molecule has 1 aliphatic heterocycles. The summed E-state index contributed by atoms with van der Waals surface area (Å²) in [6.45, 7) is 4.11. The quantitative estimate of drug-likeness (QED) is 0.540. The van der Waals surface area contributed by atoms with E-state index in [2.05, 4.69) is 39.5 Å². The molecule has 5 nitrogen and oxygen atoms in total. The maximum absolute atomic E-state index is 12.1. The molecule has 30 heavy (non-hydrogen) atoms. The molecule has 0 unspecified atom stereocenters. The fourth-order valence-electron chi connectivity index (χ4n) is 3.88. The van der Waals surface area contributed by atoms with Gasteiger partial charge in [-0.25, -0.2) is 4.98 Å². The van der Waals surface area contributed by atoms with E-state index in [4.69, 9.17) is 4.98 Å². The molecular weight excluding hydrogens is 412 g/mol. The molecule has 1 aromatic carbocycles. The first kappa shape index (κ1) is 19.8. The zero-order chi connectivity index (χ0) is 20.3. The average molecular weight is 439 g/mol. The number of hydrogen-bond donors (Lipinski definition) is 1. The molecule has 2 aromatic heterocycles. The molecule has 1 aliphatic carbocycles. The third-order valence-electron chi connectivity index (χ3n) is 5.90. The Morgan fingerprint density at radius 1 is 1.23 bits per heavy atom. The third kappa shape index (κ3) is 4.96. The Hall–Kier alpha value is -2.09. The van der Waals surface area contributed by atoms with Crippen LogP contribution in [0.4, 0.5) is 0 Å². The summed E-state index contributed by atoms with van der Waals surface area (Å²) in [6.07, 6.45) is 8.42. The Bertz CT molecular complexity index is 990. The highest BCUT2D eigenvalue weighted by molar-refractivity contribution is 7.15. The van der Waals surface area contributed by atoms with Gasteiger partial charge in [0.1, 0.15) is 0 Å². The van der Waals surface area contributed by atoms with E-state index in [1.54, 1.807) is 11.7 Å². The van der Waals surface area contributed by atoms with E-state index >= 15 is 0 Å². The van der Waals surface area contributed by atoms with Crippen LogP contribution in [0.25, 0.3) is 10.4 Å². The normalized spacial score (nSPS) is 17.1. The fourth-order valence-corrected chi connectivity index (χ4v) is 5.47. The molecule has 5 rings (SSSR count). The Kier molecular flexibility index (Phi) is 5.93. The van der Waals surface area contributed by atoms with E-state index < -0.39 is 0 Å². The summed E-state index contributed by atoms with van der Waals surface area (Å²) < 4.78 is 0. The molecule has 156 valence electrons. The second kappa shape index (κ2) is 8.96. The van der Waals surface area contributed by atoms with E-state index in [1.807, 2.05) is 17.5 Å². The van der Waals surface area contributed by atoms with Crippen LogP contribution in [0, 0.1) is 5.92 Å². The number of nitrogens with zero attached hydrogens (tertiary/aromatic N) is 3. The highest BCUT2D eigenvalue weighted by Gasteiger charge is 2.31. The van der Waals surface area contributed by atoms with Crippen LogP contribution in [-0.2, 0) is 17.8 Å². The molecule has 1 saturated heterocycles. The largest absolute Gasteiger partial charge is 0.352 e. The molecule has 0 atom stereocenters. The van der Waals surface area contributed by atoms with Crippen molar-refractivity contribution in [3.63, 3.8) is 0 Å². The van der Waals surface area contributed by atoms with Crippen LogP contribution in [0.2, 0.25) is 0 Å². The monoisotopic (exact) mass is 438 g/mol. The molecule has 7 heteroatoms. The van der Waals surface area contributed by atoms with Crippen LogP contribution in [0.1, 0.15) is 40.6 Å². The van der Waals surface area contributed by atoms with Crippen LogP contribution in [0.15, 0.2) is 42.2 Å². The summed E-state index contributed by atoms with van der Waals surface area (Å²) in [6, 6.07) is 8.40. The predicted octanol–water partition coefficient (Wildman–Crippen LogP) is 4.32. The first-order chi connectivity index (χ1) is 14.7. The summed E-state index contributed by atoms with van der Waals surface area (Å²) in [7, 11) is 0. The van der Waals surface area contributed by atoms with Crippen molar-refractivity contribution in [3.05, 3.63) is 57.6 Å². The second-order valence-electron chi connectivity index (χ2n) is 8.37.